The summed E-state index contributed by atoms with van der Waals surface area (Å²) in [6.07, 6.45) is 6.89. The van der Waals surface area contributed by atoms with Crippen LogP contribution in [0.1, 0.15) is 85.3 Å². The van der Waals surface area contributed by atoms with Crippen LogP contribution in [0.5, 0.6) is 0 Å². The van der Waals surface area contributed by atoms with E-state index in [9.17, 15) is 9.90 Å². The van der Waals surface area contributed by atoms with Gasteiger partial charge in [0.25, 0.3) is 0 Å². The molecule has 1 N–H and O–H groups in total. The van der Waals surface area contributed by atoms with E-state index in [0.29, 0.717) is 0 Å². The maximum Gasteiger partial charge on any atom is 0.191 e. The van der Waals surface area contributed by atoms with Crippen molar-refractivity contribution in [1.29, 1.82) is 0 Å². The van der Waals surface area contributed by atoms with Crippen molar-refractivity contribution >= 4 is 66.1 Å². The van der Waals surface area contributed by atoms with Crippen LogP contribution in [0.4, 0.5) is 0 Å². The molecule has 0 saturated carbocycles. The summed E-state index contributed by atoms with van der Waals surface area (Å²) in [7, 11) is -2.66. The van der Waals surface area contributed by atoms with Crippen molar-refractivity contribution in [2.75, 3.05) is 0 Å². The molecule has 0 bridgehead atoms. The fourth-order valence-corrected chi connectivity index (χ4v) is 16.0. The molecular weight excluding hydrogens is 935 g/mol. The van der Waals surface area contributed by atoms with Gasteiger partial charge in [-0.3, -0.25) is 9.78 Å². The van der Waals surface area contributed by atoms with Crippen LogP contribution in [0.2, 0.25) is 0 Å². The number of pyridine rings is 1. The second-order valence-electron chi connectivity index (χ2n) is 16.3. The summed E-state index contributed by atoms with van der Waals surface area (Å²) < 4.78 is 2.69. The van der Waals surface area contributed by atoms with Gasteiger partial charge in [0.2, 0.25) is 0 Å². The molecule has 0 spiro atoms. The van der Waals surface area contributed by atoms with Gasteiger partial charge < -0.3 is 5.11 Å². The molecule has 59 heavy (non-hydrogen) atoms. The number of allylic oxidation sites excluding steroid dienone is 2. The molecule has 6 heteroatoms. The summed E-state index contributed by atoms with van der Waals surface area (Å²) in [5.74, 6) is 0.547. The molecule has 307 valence electrons. The zero-order valence-electron chi connectivity index (χ0n) is 35.8. The Balaban J connectivity index is 0.000000355. The Hall–Kier alpha value is -4.45. The Morgan fingerprint density at radius 3 is 1.71 bits per heavy atom. The fourth-order valence-electron chi connectivity index (χ4n) is 8.41. The van der Waals surface area contributed by atoms with Crippen LogP contribution in [-0.2, 0) is 30.3 Å². The third-order valence-electron chi connectivity index (χ3n) is 11.7. The first kappa shape index (κ1) is 45.6. The molecule has 0 aliphatic carbocycles. The maximum atomic E-state index is 11.7. The number of nitrogens with zero attached hydrogens (tertiary/aromatic N) is 1. The molecule has 0 unspecified atom stereocenters. The SMILES string of the molecule is CCC(CC)C(=O)/C=C(\O)C(CC)CC.Cc1c([Si](c2ccccc2)(c2ccccc2)c2ccccc2)sc2c(-c3[c-]c4ccccc4c(C(C)(C)C)c3)nccc12.[Ir]. The van der Waals surface area contributed by atoms with Crippen molar-refractivity contribution in [2.24, 2.45) is 11.8 Å². The van der Waals surface area contributed by atoms with Crippen molar-refractivity contribution in [3.8, 4) is 11.3 Å². The number of aliphatic hydroxyl groups is 1. The number of rotatable bonds is 12. The van der Waals surface area contributed by atoms with Gasteiger partial charge in [-0.25, -0.2) is 0 Å². The number of aryl methyl sites for hydroxylation is 1. The zero-order valence-corrected chi connectivity index (χ0v) is 40.0. The molecule has 2 aromatic heterocycles. The number of carbonyl (C=O) groups excluding carboxylic acids is 1. The zero-order chi connectivity index (χ0) is 41.5. The summed E-state index contributed by atoms with van der Waals surface area (Å²) in [5, 5.41) is 17.6. The van der Waals surface area contributed by atoms with Crippen LogP contribution in [0, 0.1) is 24.8 Å². The van der Waals surface area contributed by atoms with Gasteiger partial charge in [0.05, 0.1) is 5.76 Å². The topological polar surface area (TPSA) is 50.2 Å². The smallest absolute Gasteiger partial charge is 0.191 e. The summed E-state index contributed by atoms with van der Waals surface area (Å²) in [5.41, 5.74) is 4.75. The van der Waals surface area contributed by atoms with Crippen molar-refractivity contribution in [1.82, 2.24) is 4.98 Å². The molecule has 0 saturated heterocycles. The van der Waals surface area contributed by atoms with Crippen LogP contribution in [0.3, 0.4) is 0 Å². The first-order valence-electron chi connectivity index (χ1n) is 20.9. The molecule has 0 aliphatic rings. The predicted octanol–water partition coefficient (Wildman–Crippen LogP) is 11.8. The van der Waals surface area contributed by atoms with Gasteiger partial charge in [-0.2, -0.15) is 0 Å². The third-order valence-corrected chi connectivity index (χ3v) is 18.7. The number of hydrogen-bond donors (Lipinski definition) is 1. The van der Waals surface area contributed by atoms with Crippen molar-refractivity contribution < 1.29 is 30.0 Å². The normalized spacial score (nSPS) is 12.1. The first-order chi connectivity index (χ1) is 28.0. The second-order valence-corrected chi connectivity index (χ2v) is 21.4. The van der Waals surface area contributed by atoms with Crippen LogP contribution in [0.15, 0.2) is 145 Å². The van der Waals surface area contributed by atoms with E-state index in [2.05, 4.69) is 161 Å². The van der Waals surface area contributed by atoms with Gasteiger partial charge in [0, 0.05) is 59.1 Å². The minimum absolute atomic E-state index is 0. The largest absolute Gasteiger partial charge is 0.512 e. The molecule has 0 atom stereocenters. The van der Waals surface area contributed by atoms with Gasteiger partial charge >= 0.3 is 0 Å². The van der Waals surface area contributed by atoms with Gasteiger partial charge in [-0.05, 0) is 70.6 Å². The van der Waals surface area contributed by atoms with E-state index >= 15 is 0 Å². The van der Waals surface area contributed by atoms with E-state index in [0.717, 1.165) is 42.3 Å². The number of aliphatic hydroxyl groups excluding tert-OH is 1. The van der Waals surface area contributed by atoms with Crippen LogP contribution < -0.4 is 20.1 Å². The van der Waals surface area contributed by atoms with E-state index in [4.69, 9.17) is 4.98 Å². The van der Waals surface area contributed by atoms with Gasteiger partial charge in [0.15, 0.2) is 13.9 Å². The first-order valence-corrected chi connectivity index (χ1v) is 23.8. The molecule has 1 radical (unpaired) electrons. The summed E-state index contributed by atoms with van der Waals surface area (Å²) in [6.45, 7) is 17.3. The van der Waals surface area contributed by atoms with E-state index in [1.807, 2.05) is 45.2 Å². The molecule has 7 aromatic rings. The number of benzene rings is 5. The molecule has 7 rings (SSSR count). The predicted molar refractivity (Wildman–Crippen MR) is 252 cm³/mol. The van der Waals surface area contributed by atoms with Crippen LogP contribution >= 0.6 is 11.3 Å². The van der Waals surface area contributed by atoms with Crippen LogP contribution in [-0.4, -0.2) is 23.9 Å². The number of carbonyl (C=O) groups is 1. The standard InChI is InChI=1S/C40H34NSSi.C13H24O2.Ir/c1-28-34-24-25-41-37(30-26-29-16-14-15-23-35(29)36(27-30)40(2,3)4)38(34)42-39(28)43(31-17-8-5-9-18-31,32-19-10-6-11-20-32)33-21-12-7-13-22-33;1-5-10(6-2)12(14)9-13(15)11(7-3)8-4;/h5-25,27H,1-4H3;9-11,14H,5-8H2,1-4H3;/q-1;;/b;12-9-;. The maximum absolute atomic E-state index is 11.7. The quantitative estimate of drug-likeness (QED) is 0.0436. The Labute approximate surface area is 371 Å². The number of hydrogen-bond acceptors (Lipinski definition) is 4. The second kappa shape index (κ2) is 20.2. The van der Waals surface area contributed by atoms with Crippen molar-refractivity contribution in [3.05, 3.63) is 163 Å². The summed E-state index contributed by atoms with van der Waals surface area (Å²) in [6, 6.07) is 50.5. The fraction of sp³-hybridized carbons (Fsp3) is 0.283. The average Bonchev–Trinajstić information content (AvgIpc) is 3.58. The van der Waals surface area contributed by atoms with E-state index < -0.39 is 8.07 Å². The number of ketones is 1. The van der Waals surface area contributed by atoms with Crippen LogP contribution in [0.25, 0.3) is 32.1 Å². The van der Waals surface area contributed by atoms with Gasteiger partial charge in [-0.1, -0.05) is 169 Å². The molecule has 3 nitrogen and oxygen atoms in total. The average molecular weight is 993 g/mol. The third kappa shape index (κ3) is 9.47. The Morgan fingerprint density at radius 2 is 1.22 bits per heavy atom. The van der Waals surface area contributed by atoms with Crippen molar-refractivity contribution in [2.45, 2.75) is 86.5 Å². The summed E-state index contributed by atoms with van der Waals surface area (Å²) in [4.78, 5) is 16.8. The van der Waals surface area contributed by atoms with E-state index in [1.54, 1.807) is 0 Å². The number of thiophene rings is 1. The van der Waals surface area contributed by atoms with Crippen molar-refractivity contribution in [3.63, 3.8) is 0 Å². The van der Waals surface area contributed by atoms with Gasteiger partial charge in [0.1, 0.15) is 0 Å². The Morgan fingerprint density at radius 1 is 0.729 bits per heavy atom. The van der Waals surface area contributed by atoms with Gasteiger partial charge in [-0.15, -0.1) is 40.5 Å². The Kier molecular flexibility index (Phi) is 15.6. The molecule has 0 fully saturated rings. The van der Waals surface area contributed by atoms with E-state index in [-0.39, 0.29) is 48.9 Å². The molecule has 5 aromatic carbocycles. The molecular formula is C53H58IrNO2SSi-. The van der Waals surface area contributed by atoms with E-state index in [1.165, 1.54) is 52.7 Å². The minimum atomic E-state index is -2.66. The number of fused-ring (bicyclic) bond motifs is 2. The monoisotopic (exact) mass is 993 g/mol. The minimum Gasteiger partial charge on any atom is -0.512 e. The molecule has 2 heterocycles. The molecule has 0 amide bonds. The number of aromatic nitrogens is 1. The molecule has 0 aliphatic heterocycles. The summed E-state index contributed by atoms with van der Waals surface area (Å²) >= 11 is 1.93. The Bertz CT molecular complexity index is 2380.